The van der Waals surface area contributed by atoms with Gasteiger partial charge in [0, 0.05) is 11.9 Å². The standard InChI is InChI=1S/C17H21NO3/c1-2-9-18(10-12-7-8-12)11-15-16(17(19)20)13-5-3-4-6-14(13)21-15/h3-6,12H,2,7-11H2,1H3,(H,19,20). The van der Waals surface area contributed by atoms with Gasteiger partial charge in [-0.25, -0.2) is 4.79 Å². The number of fused-ring (bicyclic) bond motifs is 1. The monoisotopic (exact) mass is 287 g/mol. The Morgan fingerprint density at radius 2 is 2.14 bits per heavy atom. The number of rotatable bonds is 7. The Labute approximate surface area is 124 Å². The van der Waals surface area contributed by atoms with Crippen molar-refractivity contribution < 1.29 is 14.3 Å². The molecule has 4 heteroatoms. The first-order chi connectivity index (χ1) is 10.2. The maximum Gasteiger partial charge on any atom is 0.339 e. The zero-order valence-corrected chi connectivity index (χ0v) is 12.3. The number of furan rings is 1. The van der Waals surface area contributed by atoms with Gasteiger partial charge in [-0.2, -0.15) is 0 Å². The van der Waals surface area contributed by atoms with E-state index in [-0.39, 0.29) is 0 Å². The van der Waals surface area contributed by atoms with Gasteiger partial charge >= 0.3 is 5.97 Å². The van der Waals surface area contributed by atoms with Crippen LogP contribution in [0.5, 0.6) is 0 Å². The number of carbonyl (C=O) groups is 1. The van der Waals surface area contributed by atoms with Crippen LogP contribution in [0.25, 0.3) is 11.0 Å². The summed E-state index contributed by atoms with van der Waals surface area (Å²) >= 11 is 0. The lowest BCUT2D eigenvalue weighted by molar-refractivity contribution is 0.0694. The molecule has 0 saturated heterocycles. The average molecular weight is 287 g/mol. The summed E-state index contributed by atoms with van der Waals surface area (Å²) in [5.74, 6) is 0.463. The zero-order valence-electron chi connectivity index (χ0n) is 12.3. The van der Waals surface area contributed by atoms with E-state index >= 15 is 0 Å². The Hall–Kier alpha value is -1.81. The molecule has 0 unspecified atom stereocenters. The highest BCUT2D eigenvalue weighted by atomic mass is 16.4. The molecule has 1 fully saturated rings. The van der Waals surface area contributed by atoms with Crippen LogP contribution in [-0.4, -0.2) is 29.1 Å². The third-order valence-corrected chi connectivity index (χ3v) is 4.00. The summed E-state index contributed by atoms with van der Waals surface area (Å²) in [7, 11) is 0. The molecule has 0 bridgehead atoms. The fourth-order valence-electron chi connectivity index (χ4n) is 2.86. The van der Waals surface area contributed by atoms with Crippen molar-refractivity contribution in [2.45, 2.75) is 32.7 Å². The van der Waals surface area contributed by atoms with Crippen molar-refractivity contribution in [1.29, 1.82) is 0 Å². The fraction of sp³-hybridized carbons (Fsp3) is 0.471. The second-order valence-corrected chi connectivity index (χ2v) is 5.88. The molecular weight excluding hydrogens is 266 g/mol. The third kappa shape index (κ3) is 3.10. The lowest BCUT2D eigenvalue weighted by atomic mass is 10.1. The van der Waals surface area contributed by atoms with Crippen LogP contribution < -0.4 is 0 Å². The smallest absolute Gasteiger partial charge is 0.339 e. The highest BCUT2D eigenvalue weighted by Crippen LogP contribution is 2.32. The lowest BCUT2D eigenvalue weighted by Gasteiger charge is -2.20. The van der Waals surface area contributed by atoms with Crippen LogP contribution in [0.4, 0.5) is 0 Å². The zero-order chi connectivity index (χ0) is 14.8. The number of para-hydroxylation sites is 1. The summed E-state index contributed by atoms with van der Waals surface area (Å²) in [6.07, 6.45) is 3.66. The molecule has 1 aromatic heterocycles. The maximum atomic E-state index is 11.6. The Bertz CT molecular complexity index is 643. The van der Waals surface area contributed by atoms with Gasteiger partial charge in [0.25, 0.3) is 0 Å². The molecule has 0 amide bonds. The maximum absolute atomic E-state index is 11.6. The van der Waals surface area contributed by atoms with Gasteiger partial charge in [0.05, 0.1) is 6.54 Å². The van der Waals surface area contributed by atoms with E-state index in [1.807, 2.05) is 24.3 Å². The van der Waals surface area contributed by atoms with Gasteiger partial charge in [-0.05, 0) is 37.8 Å². The van der Waals surface area contributed by atoms with Crippen LogP contribution in [-0.2, 0) is 6.54 Å². The van der Waals surface area contributed by atoms with Crippen LogP contribution >= 0.6 is 0 Å². The van der Waals surface area contributed by atoms with Gasteiger partial charge in [-0.3, -0.25) is 4.90 Å². The average Bonchev–Trinajstić information content (AvgIpc) is 3.17. The summed E-state index contributed by atoms with van der Waals surface area (Å²) in [5.41, 5.74) is 0.982. The van der Waals surface area contributed by atoms with E-state index in [0.717, 1.165) is 25.4 Å². The molecule has 0 aliphatic heterocycles. The third-order valence-electron chi connectivity index (χ3n) is 4.00. The number of benzene rings is 1. The van der Waals surface area contributed by atoms with Gasteiger partial charge in [0.1, 0.15) is 16.9 Å². The molecule has 1 saturated carbocycles. The molecule has 1 aromatic carbocycles. The van der Waals surface area contributed by atoms with Crippen molar-refractivity contribution >= 4 is 16.9 Å². The van der Waals surface area contributed by atoms with E-state index in [1.165, 1.54) is 12.8 Å². The Balaban J connectivity index is 1.90. The molecule has 21 heavy (non-hydrogen) atoms. The van der Waals surface area contributed by atoms with Crippen molar-refractivity contribution in [3.05, 3.63) is 35.6 Å². The van der Waals surface area contributed by atoms with Crippen LogP contribution in [0.2, 0.25) is 0 Å². The molecular formula is C17H21NO3. The number of hydrogen-bond acceptors (Lipinski definition) is 3. The highest BCUT2D eigenvalue weighted by Gasteiger charge is 2.26. The minimum absolute atomic E-state index is 0.322. The summed E-state index contributed by atoms with van der Waals surface area (Å²) in [5, 5.41) is 10.2. The van der Waals surface area contributed by atoms with Gasteiger partial charge in [0.15, 0.2) is 0 Å². The molecule has 0 spiro atoms. The minimum Gasteiger partial charge on any atom is -0.478 e. The van der Waals surface area contributed by atoms with Crippen molar-refractivity contribution in [1.82, 2.24) is 4.90 Å². The van der Waals surface area contributed by atoms with E-state index in [2.05, 4.69) is 11.8 Å². The molecule has 0 atom stereocenters. The van der Waals surface area contributed by atoms with E-state index < -0.39 is 5.97 Å². The van der Waals surface area contributed by atoms with E-state index in [1.54, 1.807) is 0 Å². The van der Waals surface area contributed by atoms with Crippen molar-refractivity contribution in [3.63, 3.8) is 0 Å². The number of nitrogens with zero attached hydrogens (tertiary/aromatic N) is 1. The van der Waals surface area contributed by atoms with Crippen LogP contribution in [0, 0.1) is 5.92 Å². The normalized spacial score (nSPS) is 15.0. The summed E-state index contributed by atoms with van der Waals surface area (Å²) in [4.78, 5) is 13.9. The van der Waals surface area contributed by atoms with E-state index in [0.29, 0.717) is 28.8 Å². The number of aromatic carboxylic acids is 1. The first kappa shape index (κ1) is 14.1. The molecule has 0 radical (unpaired) electrons. The number of hydrogen-bond donors (Lipinski definition) is 1. The van der Waals surface area contributed by atoms with Crippen LogP contribution in [0.3, 0.4) is 0 Å². The van der Waals surface area contributed by atoms with Crippen molar-refractivity contribution in [2.75, 3.05) is 13.1 Å². The molecule has 1 heterocycles. The SMILES string of the molecule is CCCN(Cc1oc2ccccc2c1C(=O)O)CC1CC1. The van der Waals surface area contributed by atoms with Crippen molar-refractivity contribution in [2.24, 2.45) is 5.92 Å². The second kappa shape index (κ2) is 5.90. The van der Waals surface area contributed by atoms with Gasteiger partial charge in [0.2, 0.25) is 0 Å². The van der Waals surface area contributed by atoms with Gasteiger partial charge in [-0.15, -0.1) is 0 Å². The number of carboxylic acid groups (broad SMARTS) is 1. The van der Waals surface area contributed by atoms with Crippen molar-refractivity contribution in [3.8, 4) is 0 Å². The molecule has 1 N–H and O–H groups in total. The summed E-state index contributed by atoms with van der Waals surface area (Å²) in [6, 6.07) is 7.37. The Morgan fingerprint density at radius 3 is 2.81 bits per heavy atom. The first-order valence-electron chi connectivity index (χ1n) is 7.65. The predicted octanol–water partition coefficient (Wildman–Crippen LogP) is 3.75. The molecule has 2 aromatic rings. The summed E-state index contributed by atoms with van der Waals surface area (Å²) < 4.78 is 5.82. The van der Waals surface area contributed by atoms with Gasteiger partial charge < -0.3 is 9.52 Å². The Kier molecular flexibility index (Phi) is 3.97. The molecule has 4 nitrogen and oxygen atoms in total. The fourth-order valence-corrected chi connectivity index (χ4v) is 2.86. The van der Waals surface area contributed by atoms with E-state index in [4.69, 9.17) is 4.42 Å². The van der Waals surface area contributed by atoms with E-state index in [9.17, 15) is 9.90 Å². The second-order valence-electron chi connectivity index (χ2n) is 5.88. The van der Waals surface area contributed by atoms with Crippen LogP contribution in [0.15, 0.2) is 28.7 Å². The molecule has 3 rings (SSSR count). The van der Waals surface area contributed by atoms with Gasteiger partial charge in [-0.1, -0.05) is 25.1 Å². The number of carboxylic acids is 1. The predicted molar refractivity (Wildman–Crippen MR) is 81.5 cm³/mol. The minimum atomic E-state index is -0.905. The molecule has 112 valence electrons. The topological polar surface area (TPSA) is 53.7 Å². The summed E-state index contributed by atoms with van der Waals surface area (Å²) in [6.45, 7) is 4.76. The Morgan fingerprint density at radius 1 is 1.38 bits per heavy atom. The van der Waals surface area contributed by atoms with Crippen LogP contribution in [0.1, 0.15) is 42.3 Å². The molecule has 1 aliphatic carbocycles. The largest absolute Gasteiger partial charge is 0.478 e. The lowest BCUT2D eigenvalue weighted by Crippen LogP contribution is -2.27. The first-order valence-corrected chi connectivity index (χ1v) is 7.65. The quantitative estimate of drug-likeness (QED) is 0.842. The molecule has 1 aliphatic rings. The highest BCUT2D eigenvalue weighted by molar-refractivity contribution is 6.03.